The normalized spacial score (nSPS) is 9.55. The molecule has 0 saturated carbocycles. The van der Waals surface area contributed by atoms with Crippen LogP contribution in [0.25, 0.3) is 0 Å². The Hall–Kier alpha value is 0.0300. The number of halogens is 3. The number of hydrogen-bond donors (Lipinski definition) is 1. The van der Waals surface area contributed by atoms with E-state index >= 15 is 0 Å². The Morgan fingerprint density at radius 2 is 2.00 bits per heavy atom. The molecular weight excluding hydrogens is 234 g/mol. The van der Waals surface area contributed by atoms with Gasteiger partial charge in [-0.15, -0.1) is 24.8 Å². The summed E-state index contributed by atoms with van der Waals surface area (Å²) in [5.74, 6) is 0. The molecule has 0 fully saturated rings. The summed E-state index contributed by atoms with van der Waals surface area (Å²) in [7, 11) is 1.33. The minimum atomic E-state index is -3.58. The number of hydrogen-bond acceptors (Lipinski definition) is 3. The van der Waals surface area contributed by atoms with Crippen LogP contribution in [0.15, 0.2) is 17.3 Å². The van der Waals surface area contributed by atoms with Gasteiger partial charge in [0.1, 0.15) is 4.90 Å². The lowest BCUT2D eigenvalue weighted by Gasteiger charge is -1.81. The Kier molecular flexibility index (Phi) is 5.96. The van der Waals surface area contributed by atoms with E-state index in [2.05, 4.69) is 10.2 Å². The molecule has 0 atom stereocenters. The van der Waals surface area contributed by atoms with Gasteiger partial charge < -0.3 is 0 Å². The van der Waals surface area contributed by atoms with Crippen molar-refractivity contribution >= 4 is 44.5 Å². The van der Waals surface area contributed by atoms with Gasteiger partial charge in [-0.3, -0.25) is 5.10 Å². The van der Waals surface area contributed by atoms with E-state index in [1.807, 2.05) is 0 Å². The molecule has 0 aliphatic carbocycles. The summed E-state index contributed by atoms with van der Waals surface area (Å²) in [6, 6.07) is 0. The van der Waals surface area contributed by atoms with E-state index in [1.165, 1.54) is 6.20 Å². The zero-order chi connectivity index (χ0) is 6.91. The Morgan fingerprint density at radius 3 is 2.18 bits per heavy atom. The number of H-pyrrole nitrogens is 1. The molecule has 0 aliphatic rings. The maximum absolute atomic E-state index is 10.4. The van der Waals surface area contributed by atoms with Gasteiger partial charge in [0.25, 0.3) is 9.05 Å². The lowest BCUT2D eigenvalue weighted by molar-refractivity contribution is 0.609. The first-order valence-electron chi connectivity index (χ1n) is 2.04. The third kappa shape index (κ3) is 3.81. The largest absolute Gasteiger partial charge is 0.284 e. The molecule has 1 aromatic rings. The molecule has 0 aromatic carbocycles. The van der Waals surface area contributed by atoms with Crippen molar-refractivity contribution in [1.82, 2.24) is 10.2 Å². The standard InChI is InChI=1S/C3H3ClN2O2S.2ClH/c4-9(7,8)3-1-5-6-2-3;;/h1-2H,(H,5,6);2*1H. The van der Waals surface area contributed by atoms with Crippen molar-refractivity contribution in [3.8, 4) is 0 Å². The van der Waals surface area contributed by atoms with E-state index in [0.29, 0.717) is 0 Å². The third-order valence-corrected chi connectivity index (χ3v) is 2.08. The molecule has 0 saturated heterocycles. The molecule has 0 amide bonds. The number of aromatic amines is 1. The van der Waals surface area contributed by atoms with Crippen molar-refractivity contribution in [3.63, 3.8) is 0 Å². The van der Waals surface area contributed by atoms with E-state index < -0.39 is 9.05 Å². The first kappa shape index (κ1) is 13.6. The van der Waals surface area contributed by atoms with E-state index in [9.17, 15) is 8.42 Å². The van der Waals surface area contributed by atoms with Gasteiger partial charge in [0, 0.05) is 16.9 Å². The fourth-order valence-electron chi connectivity index (χ4n) is 0.372. The molecule has 1 N–H and O–H groups in total. The van der Waals surface area contributed by atoms with Crippen LogP contribution in [-0.2, 0) is 9.05 Å². The lowest BCUT2D eigenvalue weighted by atomic mass is 10.7. The summed E-state index contributed by atoms with van der Waals surface area (Å²) in [5, 5.41) is 5.72. The third-order valence-electron chi connectivity index (χ3n) is 0.755. The summed E-state index contributed by atoms with van der Waals surface area (Å²) in [4.78, 5) is -0.0100. The van der Waals surface area contributed by atoms with Crippen LogP contribution in [0.4, 0.5) is 0 Å². The van der Waals surface area contributed by atoms with Crippen molar-refractivity contribution in [2.75, 3.05) is 0 Å². The van der Waals surface area contributed by atoms with E-state index in [-0.39, 0.29) is 29.7 Å². The fraction of sp³-hybridized carbons (Fsp3) is 0. The highest BCUT2D eigenvalue weighted by atomic mass is 35.7. The highest BCUT2D eigenvalue weighted by molar-refractivity contribution is 8.13. The van der Waals surface area contributed by atoms with Crippen LogP contribution in [0, 0.1) is 0 Å². The first-order valence-corrected chi connectivity index (χ1v) is 4.35. The highest BCUT2D eigenvalue weighted by Gasteiger charge is 2.09. The Bertz CT molecular complexity index is 282. The summed E-state index contributed by atoms with van der Waals surface area (Å²) < 4.78 is 20.8. The quantitative estimate of drug-likeness (QED) is 0.749. The number of aromatic nitrogens is 2. The summed E-state index contributed by atoms with van der Waals surface area (Å²) >= 11 is 0. The second-order valence-electron chi connectivity index (χ2n) is 1.37. The fourth-order valence-corrected chi connectivity index (χ4v) is 0.998. The molecule has 0 bridgehead atoms. The molecule has 0 spiro atoms. The monoisotopic (exact) mass is 238 g/mol. The predicted molar refractivity (Wildman–Crippen MR) is 46.1 cm³/mol. The van der Waals surface area contributed by atoms with E-state index in [0.717, 1.165) is 6.20 Å². The predicted octanol–water partition coefficient (Wildman–Crippen LogP) is 1.18. The molecular formula is C3H5Cl3N2O2S. The second-order valence-corrected chi connectivity index (χ2v) is 3.94. The van der Waals surface area contributed by atoms with Gasteiger partial charge in [-0.05, 0) is 0 Å². The van der Waals surface area contributed by atoms with Gasteiger partial charge in [-0.25, -0.2) is 8.42 Å². The molecule has 1 aromatic heterocycles. The average molecular weight is 240 g/mol. The molecule has 0 aliphatic heterocycles. The molecule has 66 valence electrons. The van der Waals surface area contributed by atoms with E-state index in [4.69, 9.17) is 10.7 Å². The first-order chi connectivity index (χ1) is 4.11. The maximum Gasteiger partial charge on any atom is 0.264 e. The Labute approximate surface area is 80.6 Å². The number of nitrogens with one attached hydrogen (secondary N) is 1. The van der Waals surface area contributed by atoms with Crippen LogP contribution in [0.5, 0.6) is 0 Å². The minimum absolute atomic E-state index is 0. The molecule has 11 heavy (non-hydrogen) atoms. The van der Waals surface area contributed by atoms with Crippen molar-refractivity contribution < 1.29 is 8.42 Å². The van der Waals surface area contributed by atoms with Crippen molar-refractivity contribution in [1.29, 1.82) is 0 Å². The molecule has 0 unspecified atom stereocenters. The zero-order valence-electron chi connectivity index (χ0n) is 5.02. The van der Waals surface area contributed by atoms with Gasteiger partial charge >= 0.3 is 0 Å². The SMILES string of the molecule is Cl.Cl.O=S(=O)(Cl)c1cn[nH]c1. The Morgan fingerprint density at radius 1 is 1.45 bits per heavy atom. The average Bonchev–Trinajstić information content (AvgIpc) is 2.08. The van der Waals surface area contributed by atoms with Crippen LogP contribution in [0.1, 0.15) is 0 Å². The molecule has 8 heteroatoms. The molecule has 1 heterocycles. The van der Waals surface area contributed by atoms with Crippen LogP contribution >= 0.6 is 35.5 Å². The topological polar surface area (TPSA) is 62.8 Å². The summed E-state index contributed by atoms with van der Waals surface area (Å²) in [5.41, 5.74) is 0. The number of rotatable bonds is 1. The Balaban J connectivity index is 0. The molecule has 4 nitrogen and oxygen atoms in total. The van der Waals surface area contributed by atoms with Crippen molar-refractivity contribution in [3.05, 3.63) is 12.4 Å². The van der Waals surface area contributed by atoms with E-state index in [1.54, 1.807) is 0 Å². The van der Waals surface area contributed by atoms with Crippen molar-refractivity contribution in [2.45, 2.75) is 4.90 Å². The highest BCUT2D eigenvalue weighted by Crippen LogP contribution is 2.10. The van der Waals surface area contributed by atoms with Gasteiger partial charge in [0.05, 0.1) is 6.20 Å². The smallest absolute Gasteiger partial charge is 0.264 e. The second kappa shape index (κ2) is 4.82. The van der Waals surface area contributed by atoms with Gasteiger partial charge in [-0.1, -0.05) is 0 Å². The van der Waals surface area contributed by atoms with Gasteiger partial charge in [-0.2, -0.15) is 5.10 Å². The summed E-state index contributed by atoms with van der Waals surface area (Å²) in [6.45, 7) is 0. The maximum atomic E-state index is 10.4. The molecule has 0 radical (unpaired) electrons. The van der Waals surface area contributed by atoms with Gasteiger partial charge in [0.15, 0.2) is 0 Å². The zero-order valence-corrected chi connectivity index (χ0v) is 8.23. The van der Waals surface area contributed by atoms with Crippen molar-refractivity contribution in [2.24, 2.45) is 0 Å². The minimum Gasteiger partial charge on any atom is -0.284 e. The van der Waals surface area contributed by atoms with Crippen LogP contribution in [0.2, 0.25) is 0 Å². The number of nitrogens with zero attached hydrogens (tertiary/aromatic N) is 1. The molecule has 1 rings (SSSR count). The summed E-state index contributed by atoms with van der Waals surface area (Å²) in [6.07, 6.45) is 2.35. The van der Waals surface area contributed by atoms with Crippen LogP contribution in [0.3, 0.4) is 0 Å². The van der Waals surface area contributed by atoms with Gasteiger partial charge in [0.2, 0.25) is 0 Å². The van der Waals surface area contributed by atoms with Crippen LogP contribution < -0.4 is 0 Å². The lowest BCUT2D eigenvalue weighted by Crippen LogP contribution is -1.85. The van der Waals surface area contributed by atoms with Crippen LogP contribution in [-0.4, -0.2) is 18.6 Å².